The van der Waals surface area contributed by atoms with Gasteiger partial charge in [0.15, 0.2) is 29.6 Å². The molecule has 38 heteroatoms. The molecule has 1 aliphatic carbocycles. The maximum Gasteiger partial charge on any atom is 0.305 e. The maximum atomic E-state index is 15.2. The fraction of sp³-hybridized carbons (Fsp3) is 0.610. The van der Waals surface area contributed by atoms with Crippen LogP contribution in [0.2, 0.25) is 0 Å². The molecule has 3 heterocycles. The van der Waals surface area contributed by atoms with Crippen LogP contribution in [0.25, 0.3) is 10.9 Å². The number of guanidine groups is 1. The zero-order valence-corrected chi connectivity index (χ0v) is 70.5. The monoisotopic (exact) mass is 1720 g/mol. The number of rotatable bonds is 60. The van der Waals surface area contributed by atoms with Crippen LogP contribution in [-0.4, -0.2) is 250 Å². The number of hydrogen-bond acceptors (Lipinski definition) is 25. The molecule has 18 N–H and O–H groups in total. The fourth-order valence-corrected chi connectivity index (χ4v) is 15.8. The predicted octanol–water partition coefficient (Wildman–Crippen LogP) is 2.01. The molecular formula is C82H121N15O21S2. The summed E-state index contributed by atoms with van der Waals surface area (Å²) in [4.78, 5) is 208. The standard InChI is InChI=1S/C82H121N15O21S2/c1-5-60(46-98)118-75(115-4)48-117-74(108)19-10-18-72(106)88-29-33-119-120-34-32-116-31-26-73(107)87-27-9-8-15-63(68(102)39-53(35-50(2)3)77(110)94-64(16-11-28-89-82(84)85)81(114)97-30-12-17-67(97)80(113)91-45-71(83)105)93-78(111)54(36-51-20-23-58(100)24-21-51)40-70(104)66(47-99)96-79(112)55(37-56-43-90-62-14-7-6-13-61(56)62)41-69(103)65(42-57-44-86-49-92-57)95-76(109)52-22-25-59(101)38-52/h6-7,13-14,20-21,23-24,43-44,49-50,52-55,60,63-67,75,90,98-100H,5,8-12,15-19,22,25-42,45-48H2,1-4H3,(H2,83,105)(H,86,92)(H,87,107)(H,88,106)(H,91,113)(H,93,111)(H,94,110)(H,95,109)(H,96,112)(H4,84,85,89)/t52?,53-,54-,55-,60?,63-,64+,65+,66+,67-,75?/m0/s1. The summed E-state index contributed by atoms with van der Waals surface area (Å²) in [6, 6.07) is 6.57. The van der Waals surface area contributed by atoms with Gasteiger partial charge in [-0.15, -0.1) is 0 Å². The number of aliphatic hydroxyl groups excluding tert-OH is 2. The molecule has 36 nitrogen and oxygen atoms in total. The summed E-state index contributed by atoms with van der Waals surface area (Å²) in [5, 5.41) is 50.8. The number of esters is 1. The first-order valence-electron chi connectivity index (χ1n) is 41.0. The highest BCUT2D eigenvalue weighted by Gasteiger charge is 2.41. The SMILES string of the molecule is CCC(CO)OC(COC(=O)CCCC(=O)NCCSSCCOCCC(=O)NCCCC[C@H](NC(=O)[C@H](CC(=O)[C@@H](CO)NC(=O)[C@H](CC(=O)[C@@H](Cc1cnc[nH]1)NC(=O)C1CCC(=O)C1)Cc1c[nH]c2ccccc12)Cc1ccc(O)cc1)C(=O)C[C@H](CC(C)C)C(=O)N[C@H](CCCN=C(N)N)C(=O)N1CCC[C@H]1C(=O)NCC(N)=O)OC. The highest BCUT2D eigenvalue weighted by molar-refractivity contribution is 8.76. The quantitative estimate of drug-likeness (QED) is 0.00750. The largest absolute Gasteiger partial charge is 0.508 e. The summed E-state index contributed by atoms with van der Waals surface area (Å²) in [7, 11) is 4.44. The number of primary amides is 1. The van der Waals surface area contributed by atoms with E-state index in [0.717, 1.165) is 10.9 Å². The highest BCUT2D eigenvalue weighted by Crippen LogP contribution is 2.29. The maximum absolute atomic E-state index is 15.2. The topological polar surface area (TPSA) is 559 Å². The number of phenolic OH excluding ortho intramolecular Hbond substituents is 1. The average Bonchev–Trinajstić information content (AvgIpc) is 1.65. The molecule has 9 amide bonds. The van der Waals surface area contributed by atoms with E-state index in [1.165, 1.54) is 70.4 Å². The second-order valence-electron chi connectivity index (χ2n) is 30.4. The van der Waals surface area contributed by atoms with Gasteiger partial charge in [-0.25, -0.2) is 4.98 Å². The van der Waals surface area contributed by atoms with E-state index in [1.54, 1.807) is 12.3 Å². The number of unbranched alkanes of at least 4 members (excludes halogenated alkanes) is 1. The van der Waals surface area contributed by atoms with Crippen molar-refractivity contribution in [1.29, 1.82) is 0 Å². The first-order valence-corrected chi connectivity index (χ1v) is 43.5. The van der Waals surface area contributed by atoms with E-state index in [1.807, 2.05) is 39.0 Å². The number of aliphatic imine (C=N–C) groups is 1. The van der Waals surface area contributed by atoms with Gasteiger partial charge in [0.2, 0.25) is 53.2 Å². The first-order chi connectivity index (χ1) is 57.6. The van der Waals surface area contributed by atoms with Crippen molar-refractivity contribution in [3.8, 4) is 5.75 Å². The Labute approximate surface area is 706 Å². The van der Waals surface area contributed by atoms with Gasteiger partial charge in [-0.1, -0.05) is 72.7 Å². The van der Waals surface area contributed by atoms with Crippen LogP contribution in [0, 0.1) is 29.6 Å². The molecule has 2 aliphatic rings. The number of aromatic amines is 2. The normalized spacial score (nSPS) is 16.2. The Bertz CT molecular complexity index is 4010. The third-order valence-corrected chi connectivity index (χ3v) is 22.9. The molecule has 1 saturated heterocycles. The number of methoxy groups -OCH3 is 1. The number of carbonyl (C=O) groups is 14. The minimum absolute atomic E-state index is 0.00833. The van der Waals surface area contributed by atoms with Crippen LogP contribution in [0.5, 0.6) is 5.75 Å². The van der Waals surface area contributed by atoms with Crippen molar-refractivity contribution in [3.63, 3.8) is 0 Å². The van der Waals surface area contributed by atoms with Crippen molar-refractivity contribution in [1.82, 2.24) is 57.1 Å². The summed E-state index contributed by atoms with van der Waals surface area (Å²) >= 11 is 0. The molecule has 662 valence electrons. The van der Waals surface area contributed by atoms with Gasteiger partial charge in [0, 0.05) is 155 Å². The van der Waals surface area contributed by atoms with Gasteiger partial charge in [0.1, 0.15) is 36.3 Å². The Morgan fingerprint density at radius 2 is 1.36 bits per heavy atom. The number of imidazole rings is 1. The number of nitrogens with zero attached hydrogens (tertiary/aromatic N) is 3. The predicted molar refractivity (Wildman–Crippen MR) is 447 cm³/mol. The van der Waals surface area contributed by atoms with E-state index in [-0.39, 0.29) is 177 Å². The van der Waals surface area contributed by atoms with Crippen LogP contribution in [0.1, 0.15) is 160 Å². The number of aliphatic hydroxyl groups is 2. The summed E-state index contributed by atoms with van der Waals surface area (Å²) in [5.41, 5.74) is 18.8. The van der Waals surface area contributed by atoms with E-state index in [9.17, 15) is 72.9 Å². The number of ether oxygens (including phenoxy) is 4. The van der Waals surface area contributed by atoms with Crippen LogP contribution in [0.4, 0.5) is 0 Å². The van der Waals surface area contributed by atoms with E-state index in [2.05, 4.69) is 57.2 Å². The van der Waals surface area contributed by atoms with Crippen molar-refractivity contribution in [2.45, 2.75) is 205 Å². The zero-order valence-electron chi connectivity index (χ0n) is 68.9. The molecule has 6 rings (SSSR count). The number of aromatic hydroxyl groups is 1. The molecule has 0 spiro atoms. The number of likely N-dealkylation sites (tertiary alicyclic amines) is 1. The van der Waals surface area contributed by atoms with E-state index in [4.69, 9.17) is 36.1 Å². The summed E-state index contributed by atoms with van der Waals surface area (Å²) in [5.74, 6) is -11.7. The first kappa shape index (κ1) is 99.0. The summed E-state index contributed by atoms with van der Waals surface area (Å²) < 4.78 is 21.6. The molecule has 0 radical (unpaired) electrons. The molecule has 2 aromatic carbocycles. The number of Topliss-reactive ketones (excluding diaryl/α,β-unsaturated/α-hetero) is 4. The number of fused-ring (bicyclic) bond motifs is 1. The van der Waals surface area contributed by atoms with Crippen molar-refractivity contribution in [2.75, 3.05) is 84.4 Å². The highest BCUT2D eigenvalue weighted by atomic mass is 33.1. The minimum atomic E-state index is -1.67. The van der Waals surface area contributed by atoms with Crippen LogP contribution < -0.4 is 54.4 Å². The van der Waals surface area contributed by atoms with Gasteiger partial charge in [0.25, 0.3) is 0 Å². The number of nitrogens with two attached hydrogens (primary N) is 3. The number of benzene rings is 2. The number of ketones is 4. The van der Waals surface area contributed by atoms with Gasteiger partial charge < -0.3 is 104 Å². The lowest BCUT2D eigenvalue weighted by atomic mass is 9.87. The molecule has 11 atom stereocenters. The number of aromatic nitrogens is 3. The molecule has 1 saturated carbocycles. The Morgan fingerprint density at radius 3 is 2.03 bits per heavy atom. The number of para-hydroxylation sites is 1. The lowest BCUT2D eigenvalue weighted by molar-refractivity contribution is -0.194. The van der Waals surface area contributed by atoms with Crippen LogP contribution in [0.3, 0.4) is 0 Å². The van der Waals surface area contributed by atoms with Crippen molar-refractivity contribution < 1.29 is 101 Å². The van der Waals surface area contributed by atoms with Gasteiger partial charge in [-0.05, 0) is 119 Å². The van der Waals surface area contributed by atoms with Crippen molar-refractivity contribution in [2.24, 2.45) is 51.8 Å². The fourth-order valence-electron chi connectivity index (χ4n) is 14.0. The Kier molecular flexibility index (Phi) is 44.3. The van der Waals surface area contributed by atoms with E-state index in [0.29, 0.717) is 60.7 Å². The molecular weight excluding hydrogens is 1600 g/mol. The lowest BCUT2D eigenvalue weighted by Crippen LogP contribution is -2.55. The van der Waals surface area contributed by atoms with Crippen molar-refractivity contribution >= 4 is 121 Å². The van der Waals surface area contributed by atoms with Crippen LogP contribution in [0.15, 0.2) is 72.2 Å². The Balaban J connectivity index is 1.15. The number of carbonyl (C=O) groups excluding carboxylic acids is 14. The van der Waals surface area contributed by atoms with Crippen LogP contribution >= 0.6 is 21.6 Å². The van der Waals surface area contributed by atoms with Gasteiger partial charge in [0.05, 0.1) is 57.5 Å². The minimum Gasteiger partial charge on any atom is -0.508 e. The Morgan fingerprint density at radius 1 is 0.692 bits per heavy atom. The molecule has 120 heavy (non-hydrogen) atoms. The zero-order chi connectivity index (χ0) is 87.5. The van der Waals surface area contributed by atoms with Gasteiger partial charge in [-0.2, -0.15) is 0 Å². The number of nitrogens with one attached hydrogen (secondary N) is 9. The number of hydrogen-bond donors (Lipinski definition) is 15. The van der Waals surface area contributed by atoms with E-state index >= 15 is 9.59 Å². The van der Waals surface area contributed by atoms with E-state index < -0.39 is 163 Å². The third kappa shape index (κ3) is 35.8. The van der Waals surface area contributed by atoms with Crippen LogP contribution in [-0.2, 0) is 105 Å². The number of phenols is 1. The molecule has 0 bridgehead atoms. The molecule has 2 fully saturated rings. The molecule has 2 aromatic heterocycles. The van der Waals surface area contributed by atoms with Gasteiger partial charge >= 0.3 is 5.97 Å². The smallest absolute Gasteiger partial charge is 0.305 e. The summed E-state index contributed by atoms with van der Waals surface area (Å²) in [6.07, 6.45) is 4.30. The second-order valence-corrected chi connectivity index (χ2v) is 33.1. The second kappa shape index (κ2) is 53.7. The van der Waals surface area contributed by atoms with Crippen molar-refractivity contribution in [3.05, 3.63) is 84.1 Å². The Hall–Kier alpha value is -9.86. The lowest BCUT2D eigenvalue weighted by Gasteiger charge is -2.30. The summed E-state index contributed by atoms with van der Waals surface area (Å²) in [6.45, 7) is 4.86. The van der Waals surface area contributed by atoms with Gasteiger partial charge in [-0.3, -0.25) is 72.1 Å². The molecule has 3 unspecified atom stereocenters. The number of amides is 9. The molecule has 4 aromatic rings. The number of H-pyrrole nitrogens is 2. The molecule has 1 aliphatic heterocycles. The third-order valence-electron chi connectivity index (χ3n) is 20.5. The average molecular weight is 1720 g/mol.